The van der Waals surface area contributed by atoms with Crippen LogP contribution in [0.15, 0.2) is 28.7 Å². The molecule has 1 N–H and O–H groups in total. The molecule has 4 heteroatoms. The zero-order valence-electron chi connectivity index (χ0n) is 6.56. The fourth-order valence-corrected chi connectivity index (χ4v) is 0.998. The van der Waals surface area contributed by atoms with E-state index in [9.17, 15) is 0 Å². The molecule has 4 nitrogen and oxygen atoms in total. The number of nitrogens with zero attached hydrogens (tertiary/aromatic N) is 2. The predicted molar refractivity (Wildman–Crippen MR) is 44.2 cm³/mol. The maximum absolute atomic E-state index is 9.00. The minimum Gasteiger partial charge on any atom is -0.422 e. The van der Waals surface area contributed by atoms with Crippen molar-refractivity contribution in [3.63, 3.8) is 0 Å². The topological polar surface area (TPSA) is 49.5 Å². The number of aromatic nitrogens is 1. The van der Waals surface area contributed by atoms with E-state index in [0.29, 0.717) is 5.58 Å². The van der Waals surface area contributed by atoms with Gasteiger partial charge in [-0.2, -0.15) is 4.98 Å². The Hall–Kier alpha value is -1.55. The van der Waals surface area contributed by atoms with E-state index >= 15 is 0 Å². The summed E-state index contributed by atoms with van der Waals surface area (Å²) in [4.78, 5) is 4.02. The lowest BCUT2D eigenvalue weighted by molar-refractivity contribution is 0.255. The number of fused-ring (bicyclic) bond motifs is 1. The van der Waals surface area contributed by atoms with Gasteiger partial charge in [0.05, 0.1) is 0 Å². The van der Waals surface area contributed by atoms with Gasteiger partial charge in [0.25, 0.3) is 0 Å². The van der Waals surface area contributed by atoms with Crippen LogP contribution in [0, 0.1) is 0 Å². The van der Waals surface area contributed by atoms with Crippen molar-refractivity contribution in [2.24, 2.45) is 0 Å². The average molecular weight is 164 g/mol. The summed E-state index contributed by atoms with van der Waals surface area (Å²) in [7, 11) is 1.46. The molecular formula is C8H8N2O2. The van der Waals surface area contributed by atoms with Crippen LogP contribution >= 0.6 is 0 Å². The molecule has 1 aromatic heterocycles. The van der Waals surface area contributed by atoms with Gasteiger partial charge in [-0.25, -0.2) is 5.06 Å². The molecule has 0 saturated carbocycles. The van der Waals surface area contributed by atoms with Crippen molar-refractivity contribution < 1.29 is 9.62 Å². The summed E-state index contributed by atoms with van der Waals surface area (Å²) in [5, 5.41) is 9.85. The molecule has 0 aliphatic heterocycles. The van der Waals surface area contributed by atoms with E-state index in [4.69, 9.17) is 9.62 Å². The average Bonchev–Trinajstić information content (AvgIpc) is 2.46. The zero-order chi connectivity index (χ0) is 8.55. The van der Waals surface area contributed by atoms with Gasteiger partial charge in [0.1, 0.15) is 5.52 Å². The molecular weight excluding hydrogens is 156 g/mol. The Kier molecular flexibility index (Phi) is 1.48. The van der Waals surface area contributed by atoms with Crippen molar-refractivity contribution in [1.82, 2.24) is 4.98 Å². The summed E-state index contributed by atoms with van der Waals surface area (Å²) < 4.78 is 5.19. The van der Waals surface area contributed by atoms with E-state index in [1.807, 2.05) is 18.2 Å². The second-order valence-electron chi connectivity index (χ2n) is 2.49. The highest BCUT2D eigenvalue weighted by Gasteiger charge is 2.06. The van der Waals surface area contributed by atoms with Crippen molar-refractivity contribution in [3.05, 3.63) is 24.3 Å². The highest BCUT2D eigenvalue weighted by Crippen LogP contribution is 2.19. The molecule has 62 valence electrons. The lowest BCUT2D eigenvalue weighted by atomic mass is 10.3. The molecule has 0 aliphatic carbocycles. The van der Waals surface area contributed by atoms with Gasteiger partial charge in [0.2, 0.25) is 0 Å². The zero-order valence-corrected chi connectivity index (χ0v) is 6.56. The third-order valence-corrected chi connectivity index (χ3v) is 1.56. The number of para-hydroxylation sites is 2. The molecule has 0 bridgehead atoms. The number of rotatable bonds is 1. The van der Waals surface area contributed by atoms with Crippen LogP contribution in [0.2, 0.25) is 0 Å². The first-order chi connectivity index (χ1) is 5.77. The van der Waals surface area contributed by atoms with E-state index in [2.05, 4.69) is 4.98 Å². The van der Waals surface area contributed by atoms with Crippen LogP contribution in [0.1, 0.15) is 0 Å². The molecule has 0 amide bonds. The standard InChI is InChI=1S/C8H8N2O2/c1-10(11)8-9-6-4-2-3-5-7(6)12-8/h2-5,11H,1H3. The van der Waals surface area contributed by atoms with Gasteiger partial charge < -0.3 is 4.42 Å². The molecule has 1 heterocycles. The number of hydroxylamine groups is 1. The van der Waals surface area contributed by atoms with E-state index in [1.165, 1.54) is 7.05 Å². The second-order valence-corrected chi connectivity index (χ2v) is 2.49. The van der Waals surface area contributed by atoms with E-state index in [0.717, 1.165) is 10.6 Å². The molecule has 2 rings (SSSR count). The molecule has 0 unspecified atom stereocenters. The summed E-state index contributed by atoms with van der Waals surface area (Å²) in [5.41, 5.74) is 1.42. The Labute approximate surface area is 69.0 Å². The first-order valence-corrected chi connectivity index (χ1v) is 3.55. The molecule has 2 aromatic rings. The number of benzene rings is 1. The van der Waals surface area contributed by atoms with Crippen LogP contribution in [0.3, 0.4) is 0 Å². The van der Waals surface area contributed by atoms with Gasteiger partial charge in [0, 0.05) is 7.05 Å². The van der Waals surface area contributed by atoms with E-state index < -0.39 is 0 Å². The Morgan fingerprint density at radius 2 is 2.17 bits per heavy atom. The Balaban J connectivity index is 2.62. The van der Waals surface area contributed by atoms with Crippen LogP contribution in [-0.2, 0) is 0 Å². The third kappa shape index (κ3) is 1.02. The minimum atomic E-state index is 0.205. The minimum absolute atomic E-state index is 0.205. The Morgan fingerprint density at radius 3 is 2.83 bits per heavy atom. The summed E-state index contributed by atoms with van der Waals surface area (Å²) >= 11 is 0. The lowest BCUT2D eigenvalue weighted by Gasteiger charge is -2.00. The summed E-state index contributed by atoms with van der Waals surface area (Å²) in [6.45, 7) is 0. The normalized spacial score (nSPS) is 10.5. The molecule has 0 saturated heterocycles. The molecule has 0 fully saturated rings. The molecule has 0 spiro atoms. The van der Waals surface area contributed by atoms with Crippen LogP contribution in [-0.4, -0.2) is 17.2 Å². The van der Waals surface area contributed by atoms with Gasteiger partial charge >= 0.3 is 6.01 Å². The fraction of sp³-hybridized carbons (Fsp3) is 0.125. The number of hydrogen-bond donors (Lipinski definition) is 1. The van der Waals surface area contributed by atoms with Crippen molar-refractivity contribution in [1.29, 1.82) is 0 Å². The van der Waals surface area contributed by atoms with Gasteiger partial charge in [-0.15, -0.1) is 0 Å². The highest BCUT2D eigenvalue weighted by atomic mass is 16.5. The van der Waals surface area contributed by atoms with Crippen molar-refractivity contribution >= 4 is 17.1 Å². The number of oxazole rings is 1. The molecule has 0 atom stereocenters. The lowest BCUT2D eigenvalue weighted by Crippen LogP contribution is -2.09. The Morgan fingerprint density at radius 1 is 1.42 bits per heavy atom. The van der Waals surface area contributed by atoms with Crippen molar-refractivity contribution in [2.75, 3.05) is 12.1 Å². The second kappa shape index (κ2) is 2.49. The summed E-state index contributed by atoms with van der Waals surface area (Å²) in [5.74, 6) is 0. The molecule has 0 radical (unpaired) electrons. The molecule has 12 heavy (non-hydrogen) atoms. The maximum Gasteiger partial charge on any atom is 0.322 e. The first kappa shape index (κ1) is 7.12. The smallest absolute Gasteiger partial charge is 0.322 e. The van der Waals surface area contributed by atoms with Crippen LogP contribution in [0.25, 0.3) is 11.1 Å². The van der Waals surface area contributed by atoms with Gasteiger partial charge in [0.15, 0.2) is 5.58 Å². The quantitative estimate of drug-likeness (QED) is 0.651. The van der Waals surface area contributed by atoms with Crippen LogP contribution < -0.4 is 5.06 Å². The fourth-order valence-electron chi connectivity index (χ4n) is 0.998. The number of anilines is 1. The van der Waals surface area contributed by atoms with Crippen molar-refractivity contribution in [2.45, 2.75) is 0 Å². The number of hydrogen-bond acceptors (Lipinski definition) is 4. The van der Waals surface area contributed by atoms with Crippen LogP contribution in [0.5, 0.6) is 0 Å². The Bertz CT molecular complexity index is 362. The third-order valence-electron chi connectivity index (χ3n) is 1.56. The predicted octanol–water partition coefficient (Wildman–Crippen LogP) is 1.65. The van der Waals surface area contributed by atoms with Crippen molar-refractivity contribution in [3.8, 4) is 0 Å². The van der Waals surface area contributed by atoms with Gasteiger partial charge in [-0.1, -0.05) is 12.1 Å². The maximum atomic E-state index is 9.00. The van der Waals surface area contributed by atoms with Gasteiger partial charge in [-0.3, -0.25) is 5.21 Å². The summed E-state index contributed by atoms with van der Waals surface area (Å²) in [6.07, 6.45) is 0. The molecule has 0 aliphatic rings. The van der Waals surface area contributed by atoms with Crippen LogP contribution in [0.4, 0.5) is 6.01 Å². The highest BCUT2D eigenvalue weighted by molar-refractivity contribution is 5.73. The largest absolute Gasteiger partial charge is 0.422 e. The summed E-state index contributed by atoms with van der Waals surface area (Å²) in [6, 6.07) is 7.55. The SMILES string of the molecule is CN(O)c1nc2ccccc2o1. The monoisotopic (exact) mass is 164 g/mol. The molecule has 1 aromatic carbocycles. The van der Waals surface area contributed by atoms with E-state index in [1.54, 1.807) is 6.07 Å². The van der Waals surface area contributed by atoms with Gasteiger partial charge in [-0.05, 0) is 12.1 Å². The first-order valence-electron chi connectivity index (χ1n) is 3.55. The van der Waals surface area contributed by atoms with E-state index in [-0.39, 0.29) is 6.01 Å².